The average molecular weight is 695 g/mol. The molecule has 3 unspecified atom stereocenters. The Bertz CT molecular complexity index is 2070. The van der Waals surface area contributed by atoms with Gasteiger partial charge in [0.25, 0.3) is 0 Å². The van der Waals surface area contributed by atoms with Crippen molar-refractivity contribution in [2.45, 2.75) is 51.0 Å². The molecule has 5 aromatic rings. The maximum Gasteiger partial charge on any atom is 0.224 e. The average Bonchev–Trinajstić information content (AvgIpc) is 3.17. The molecule has 52 heavy (non-hydrogen) atoms. The van der Waals surface area contributed by atoms with Gasteiger partial charge in [0.1, 0.15) is 5.78 Å². The molecule has 1 heterocycles. The van der Waals surface area contributed by atoms with E-state index in [1.807, 2.05) is 109 Å². The van der Waals surface area contributed by atoms with Crippen molar-refractivity contribution in [1.82, 2.24) is 10.6 Å². The molecule has 0 aromatic heterocycles. The van der Waals surface area contributed by atoms with Crippen LogP contribution in [0.5, 0.6) is 0 Å². The van der Waals surface area contributed by atoms with E-state index >= 15 is 0 Å². The molecule has 1 fully saturated rings. The van der Waals surface area contributed by atoms with Crippen LogP contribution in [0.25, 0.3) is 21.5 Å². The summed E-state index contributed by atoms with van der Waals surface area (Å²) < 4.78 is 0. The molecular weight excluding hydrogens is 649 g/mol. The highest BCUT2D eigenvalue weighted by molar-refractivity contribution is 6.41. The smallest absolute Gasteiger partial charge is 0.224 e. The van der Waals surface area contributed by atoms with Crippen molar-refractivity contribution in [2.24, 2.45) is 23.5 Å². The van der Waals surface area contributed by atoms with Gasteiger partial charge in [-0.3, -0.25) is 19.2 Å². The summed E-state index contributed by atoms with van der Waals surface area (Å²) in [5.41, 5.74) is 8.11. The highest BCUT2D eigenvalue weighted by Crippen LogP contribution is 2.24. The molecule has 5 aromatic carbocycles. The number of fused-ring (bicyclic) bond motifs is 2. The zero-order valence-electron chi connectivity index (χ0n) is 29.4. The summed E-state index contributed by atoms with van der Waals surface area (Å²) in [5.74, 6) is -3.12. The fourth-order valence-corrected chi connectivity index (χ4v) is 7.29. The molecule has 3 atom stereocenters. The number of nitrogens with one attached hydrogen (secondary N) is 3. The van der Waals surface area contributed by atoms with Crippen LogP contribution >= 0.6 is 0 Å². The van der Waals surface area contributed by atoms with Gasteiger partial charge >= 0.3 is 0 Å². The van der Waals surface area contributed by atoms with Crippen LogP contribution in [0.3, 0.4) is 0 Å². The van der Waals surface area contributed by atoms with E-state index in [0.29, 0.717) is 12.8 Å². The minimum Gasteiger partial charge on any atom is -0.369 e. The van der Waals surface area contributed by atoms with Crippen LogP contribution < -0.4 is 16.4 Å². The van der Waals surface area contributed by atoms with Crippen LogP contribution in [0.4, 0.5) is 0 Å². The standard InChI is InChI=1S/C44H46N4O4/c45-39(27-37(43(46)51)22-29-8-2-1-3-9-29)42(50)40(26-31-15-17-33-11-5-7-13-36(33)24-31)48-44(52)38(28-41(49)34-18-20-47-21-19-34)25-30-14-16-32-10-4-6-12-35(32)23-30/h1-17,23-24,34,37-38,40,45,47H,18-22,25-28H2,(H2,46,51)(H,48,52). The maximum atomic E-state index is 14.4. The predicted octanol–water partition coefficient (Wildman–Crippen LogP) is 6.16. The molecule has 8 heteroatoms. The van der Waals surface area contributed by atoms with Gasteiger partial charge in [0, 0.05) is 37.0 Å². The Hall–Kier alpha value is -5.47. The molecule has 8 nitrogen and oxygen atoms in total. The summed E-state index contributed by atoms with van der Waals surface area (Å²) in [6.45, 7) is 1.53. The second-order valence-electron chi connectivity index (χ2n) is 14.1. The number of carbonyl (C=O) groups is 4. The lowest BCUT2D eigenvalue weighted by molar-refractivity contribution is -0.132. The molecule has 0 bridgehead atoms. The number of amides is 2. The third kappa shape index (κ3) is 9.44. The second kappa shape index (κ2) is 17.2. The molecule has 5 N–H and O–H groups in total. The van der Waals surface area contributed by atoms with Crippen LogP contribution in [0, 0.1) is 23.2 Å². The van der Waals surface area contributed by atoms with E-state index in [2.05, 4.69) is 16.7 Å². The van der Waals surface area contributed by atoms with Crippen LogP contribution in [-0.4, -0.2) is 48.2 Å². The maximum absolute atomic E-state index is 14.4. The topological polar surface area (TPSA) is 142 Å². The highest BCUT2D eigenvalue weighted by Gasteiger charge is 2.33. The number of hydrogen-bond acceptors (Lipinski definition) is 6. The van der Waals surface area contributed by atoms with Crippen LogP contribution in [0.15, 0.2) is 115 Å². The number of Topliss-reactive ketones (excluding diaryl/α,β-unsaturated/α-hetero) is 2. The Morgan fingerprint density at radius 1 is 0.654 bits per heavy atom. The zero-order valence-corrected chi connectivity index (χ0v) is 29.4. The largest absolute Gasteiger partial charge is 0.369 e. The van der Waals surface area contributed by atoms with Crippen LogP contribution in [0.1, 0.15) is 42.4 Å². The van der Waals surface area contributed by atoms with Crippen molar-refractivity contribution in [3.63, 3.8) is 0 Å². The summed E-state index contributed by atoms with van der Waals surface area (Å²) in [4.78, 5) is 54.7. The zero-order chi connectivity index (χ0) is 36.5. The Balaban J connectivity index is 1.27. The number of nitrogens with two attached hydrogens (primary N) is 1. The lowest BCUT2D eigenvalue weighted by Crippen LogP contribution is -2.48. The van der Waals surface area contributed by atoms with E-state index in [1.165, 1.54) is 0 Å². The first kappa shape index (κ1) is 36.3. The first-order valence-corrected chi connectivity index (χ1v) is 18.2. The second-order valence-corrected chi connectivity index (χ2v) is 14.1. The number of benzene rings is 5. The van der Waals surface area contributed by atoms with Crippen LogP contribution in [0.2, 0.25) is 0 Å². The van der Waals surface area contributed by atoms with Crippen molar-refractivity contribution in [3.05, 3.63) is 132 Å². The fraction of sp³-hybridized carbons (Fsp3) is 0.295. The Kier molecular flexibility index (Phi) is 12.0. The Morgan fingerprint density at radius 3 is 1.79 bits per heavy atom. The van der Waals surface area contributed by atoms with E-state index in [1.54, 1.807) is 0 Å². The molecular formula is C44H46N4O4. The quantitative estimate of drug-likeness (QED) is 0.0916. The number of carbonyl (C=O) groups excluding carboxylic acids is 4. The van der Waals surface area contributed by atoms with E-state index in [-0.39, 0.29) is 36.7 Å². The first-order chi connectivity index (χ1) is 25.2. The predicted molar refractivity (Wildman–Crippen MR) is 206 cm³/mol. The van der Waals surface area contributed by atoms with Crippen molar-refractivity contribution in [1.29, 1.82) is 5.41 Å². The highest BCUT2D eigenvalue weighted by atomic mass is 16.2. The molecule has 266 valence electrons. The lowest BCUT2D eigenvalue weighted by Gasteiger charge is -2.26. The summed E-state index contributed by atoms with van der Waals surface area (Å²) in [7, 11) is 0. The van der Waals surface area contributed by atoms with Gasteiger partial charge in [-0.1, -0.05) is 115 Å². The van der Waals surface area contributed by atoms with Gasteiger partial charge in [-0.05, 0) is 77.0 Å². The molecule has 0 radical (unpaired) electrons. The van der Waals surface area contributed by atoms with Gasteiger partial charge in [-0.25, -0.2) is 0 Å². The number of rotatable bonds is 16. The summed E-state index contributed by atoms with van der Waals surface area (Å²) in [6.07, 6.45) is 2.12. The molecule has 2 amide bonds. The van der Waals surface area contributed by atoms with E-state index in [0.717, 1.165) is 64.2 Å². The Labute approximate surface area is 304 Å². The minimum absolute atomic E-state index is 0.0535. The first-order valence-electron chi connectivity index (χ1n) is 18.2. The van der Waals surface area contributed by atoms with Gasteiger partial charge in [-0.15, -0.1) is 0 Å². The Morgan fingerprint density at radius 2 is 1.19 bits per heavy atom. The van der Waals surface area contributed by atoms with Gasteiger partial charge in [0.15, 0.2) is 5.78 Å². The number of hydrogen-bond donors (Lipinski definition) is 4. The number of ketones is 2. The van der Waals surface area contributed by atoms with Crippen molar-refractivity contribution < 1.29 is 19.2 Å². The molecule has 6 rings (SSSR count). The van der Waals surface area contributed by atoms with Gasteiger partial charge < -0.3 is 21.8 Å². The van der Waals surface area contributed by atoms with E-state index in [9.17, 15) is 19.2 Å². The monoisotopic (exact) mass is 694 g/mol. The van der Waals surface area contributed by atoms with E-state index in [4.69, 9.17) is 11.1 Å². The normalized spacial score (nSPS) is 15.1. The molecule has 1 aliphatic rings. The summed E-state index contributed by atoms with van der Waals surface area (Å²) >= 11 is 0. The fourth-order valence-electron chi connectivity index (χ4n) is 7.29. The SMILES string of the molecule is N=C(CC(Cc1ccccc1)C(N)=O)C(=O)C(Cc1ccc2ccccc2c1)NC(=O)C(CC(=O)C1CCNCC1)Cc1ccc2ccccc2c1. The number of piperidine rings is 1. The summed E-state index contributed by atoms with van der Waals surface area (Å²) in [5, 5.41) is 19.4. The molecule has 1 aliphatic heterocycles. The summed E-state index contributed by atoms with van der Waals surface area (Å²) in [6, 6.07) is 36.1. The lowest BCUT2D eigenvalue weighted by atomic mass is 9.84. The van der Waals surface area contributed by atoms with Crippen LogP contribution in [-0.2, 0) is 38.4 Å². The van der Waals surface area contributed by atoms with Gasteiger partial charge in [0.2, 0.25) is 11.8 Å². The van der Waals surface area contributed by atoms with Crippen molar-refractivity contribution in [2.75, 3.05) is 13.1 Å². The number of primary amides is 1. The molecule has 0 saturated carbocycles. The van der Waals surface area contributed by atoms with Crippen molar-refractivity contribution >= 4 is 50.6 Å². The van der Waals surface area contributed by atoms with Crippen molar-refractivity contribution in [3.8, 4) is 0 Å². The van der Waals surface area contributed by atoms with Gasteiger partial charge in [0.05, 0.1) is 11.8 Å². The molecule has 0 aliphatic carbocycles. The van der Waals surface area contributed by atoms with E-state index < -0.39 is 35.5 Å². The molecule has 1 saturated heterocycles. The molecule has 0 spiro atoms. The minimum atomic E-state index is -1.08. The third-order valence-corrected chi connectivity index (χ3v) is 10.3. The van der Waals surface area contributed by atoms with Gasteiger partial charge in [-0.2, -0.15) is 0 Å². The third-order valence-electron chi connectivity index (χ3n) is 10.3.